The summed E-state index contributed by atoms with van der Waals surface area (Å²) >= 11 is 0. The van der Waals surface area contributed by atoms with E-state index in [0.717, 1.165) is 27.4 Å². The Morgan fingerprint density at radius 1 is 1.06 bits per heavy atom. The third kappa shape index (κ3) is 4.32. The number of nitrogens with zero attached hydrogens (tertiary/aromatic N) is 2. The highest BCUT2D eigenvalue weighted by atomic mass is 32.2. The van der Waals surface area contributed by atoms with Gasteiger partial charge in [0.1, 0.15) is 5.76 Å². The summed E-state index contributed by atoms with van der Waals surface area (Å²) in [4.78, 5) is 25.6. The predicted molar refractivity (Wildman–Crippen MR) is 118 cm³/mol. The van der Waals surface area contributed by atoms with E-state index in [2.05, 4.69) is 4.98 Å². The Morgan fingerprint density at radius 2 is 1.81 bits per heavy atom. The number of nitro groups is 1. The van der Waals surface area contributed by atoms with Crippen LogP contribution in [0.2, 0.25) is 0 Å². The first-order valence-electron chi connectivity index (χ1n) is 9.63. The van der Waals surface area contributed by atoms with Gasteiger partial charge in [0.25, 0.3) is 11.2 Å². The molecule has 0 aliphatic heterocycles. The molecule has 0 amide bonds. The van der Waals surface area contributed by atoms with Crippen LogP contribution in [-0.2, 0) is 23.1 Å². The summed E-state index contributed by atoms with van der Waals surface area (Å²) in [7, 11) is -4.10. The summed E-state index contributed by atoms with van der Waals surface area (Å²) in [5.74, 6) is 0.392. The van der Waals surface area contributed by atoms with Gasteiger partial charge in [-0.3, -0.25) is 14.9 Å². The van der Waals surface area contributed by atoms with Crippen molar-refractivity contribution in [2.45, 2.75) is 24.9 Å². The predicted octanol–water partition coefficient (Wildman–Crippen LogP) is 3.73. The van der Waals surface area contributed by atoms with E-state index in [4.69, 9.17) is 4.42 Å². The van der Waals surface area contributed by atoms with Crippen LogP contribution in [0.5, 0.6) is 0 Å². The van der Waals surface area contributed by atoms with Crippen LogP contribution in [0.15, 0.2) is 81.0 Å². The van der Waals surface area contributed by atoms with Crippen LogP contribution < -0.4 is 5.56 Å². The molecule has 0 saturated carbocycles. The van der Waals surface area contributed by atoms with Gasteiger partial charge < -0.3 is 9.40 Å². The van der Waals surface area contributed by atoms with Crippen molar-refractivity contribution >= 4 is 26.6 Å². The lowest BCUT2D eigenvalue weighted by Gasteiger charge is -2.21. The smallest absolute Gasteiger partial charge is 0.269 e. The van der Waals surface area contributed by atoms with Crippen molar-refractivity contribution in [1.29, 1.82) is 0 Å². The molecule has 1 N–H and O–H groups in total. The van der Waals surface area contributed by atoms with E-state index in [1.54, 1.807) is 24.3 Å². The number of aryl methyl sites for hydroxylation is 1. The maximum atomic E-state index is 13.4. The maximum absolute atomic E-state index is 13.4. The fraction of sp³-hybridized carbons (Fsp3) is 0.136. The van der Waals surface area contributed by atoms with Gasteiger partial charge in [-0.05, 0) is 54.8 Å². The summed E-state index contributed by atoms with van der Waals surface area (Å²) in [6.07, 6.45) is 1.43. The lowest BCUT2D eigenvalue weighted by molar-refractivity contribution is -0.384. The van der Waals surface area contributed by atoms with Crippen molar-refractivity contribution < 1.29 is 17.8 Å². The highest BCUT2D eigenvalue weighted by Crippen LogP contribution is 2.24. The average Bonchev–Trinajstić information content (AvgIpc) is 3.27. The van der Waals surface area contributed by atoms with Crippen molar-refractivity contribution in [3.8, 4) is 0 Å². The van der Waals surface area contributed by atoms with E-state index in [1.807, 2.05) is 19.1 Å². The van der Waals surface area contributed by atoms with Crippen LogP contribution in [0, 0.1) is 17.0 Å². The molecule has 0 aliphatic carbocycles. The van der Waals surface area contributed by atoms with E-state index in [1.165, 1.54) is 18.4 Å². The second-order valence-electron chi connectivity index (χ2n) is 7.32. The molecule has 0 atom stereocenters. The monoisotopic (exact) mass is 453 g/mol. The summed E-state index contributed by atoms with van der Waals surface area (Å²) < 4.78 is 33.2. The number of nitro benzene ring substituents is 1. The number of sulfonamides is 1. The Kier molecular flexibility index (Phi) is 5.64. The molecule has 2 aromatic heterocycles. The third-order valence-electron chi connectivity index (χ3n) is 5.02. The Labute approximate surface area is 183 Å². The average molecular weight is 453 g/mol. The molecule has 9 nitrogen and oxygen atoms in total. The van der Waals surface area contributed by atoms with Crippen molar-refractivity contribution in [1.82, 2.24) is 9.29 Å². The molecule has 2 heterocycles. The zero-order valence-corrected chi connectivity index (χ0v) is 17.8. The molecule has 0 fully saturated rings. The minimum Gasteiger partial charge on any atom is -0.468 e. The van der Waals surface area contributed by atoms with Gasteiger partial charge in [0, 0.05) is 29.8 Å². The molecule has 0 bridgehead atoms. The first kappa shape index (κ1) is 21.5. The van der Waals surface area contributed by atoms with Crippen LogP contribution >= 0.6 is 0 Å². The minimum atomic E-state index is -4.10. The van der Waals surface area contributed by atoms with Crippen molar-refractivity contribution in [3.05, 3.63) is 104 Å². The first-order valence-corrected chi connectivity index (χ1v) is 11.1. The molecule has 2 aromatic carbocycles. The number of non-ortho nitro benzene ring substituents is 1. The van der Waals surface area contributed by atoms with Gasteiger partial charge in [0.05, 0.1) is 22.6 Å². The third-order valence-corrected chi connectivity index (χ3v) is 6.83. The molecular formula is C22H19N3O6S. The van der Waals surface area contributed by atoms with Crippen LogP contribution in [0.4, 0.5) is 5.69 Å². The van der Waals surface area contributed by atoms with Crippen LogP contribution in [0.25, 0.3) is 10.9 Å². The van der Waals surface area contributed by atoms with Crippen molar-refractivity contribution in [2.75, 3.05) is 0 Å². The molecule has 0 aliphatic rings. The van der Waals surface area contributed by atoms with Gasteiger partial charge in [-0.15, -0.1) is 0 Å². The standard InChI is InChI=1S/C22H19N3O6S/c1-15-4-9-21-16(11-15)12-17(22(26)23-21)13-24(14-19-3-2-10-31-19)32(29,30)20-7-5-18(6-8-20)25(27)28/h2-12H,13-14H2,1H3,(H,23,26). The number of benzene rings is 2. The molecule has 4 aromatic rings. The highest BCUT2D eigenvalue weighted by Gasteiger charge is 2.27. The Bertz CT molecular complexity index is 1440. The van der Waals surface area contributed by atoms with Gasteiger partial charge in [-0.25, -0.2) is 8.42 Å². The number of hydrogen-bond acceptors (Lipinski definition) is 6. The van der Waals surface area contributed by atoms with E-state index < -0.39 is 20.5 Å². The highest BCUT2D eigenvalue weighted by molar-refractivity contribution is 7.89. The number of pyridine rings is 1. The van der Waals surface area contributed by atoms with Crippen molar-refractivity contribution in [3.63, 3.8) is 0 Å². The van der Waals surface area contributed by atoms with Crippen LogP contribution in [-0.4, -0.2) is 22.6 Å². The van der Waals surface area contributed by atoms with Gasteiger partial charge in [-0.2, -0.15) is 4.31 Å². The van der Waals surface area contributed by atoms with Gasteiger partial charge in [-0.1, -0.05) is 11.6 Å². The van der Waals surface area contributed by atoms with Crippen LogP contribution in [0.3, 0.4) is 0 Å². The number of fused-ring (bicyclic) bond motifs is 1. The number of nitrogens with one attached hydrogen (secondary N) is 1. The second kappa shape index (κ2) is 8.40. The number of rotatable bonds is 7. The molecule has 0 unspecified atom stereocenters. The summed E-state index contributed by atoms with van der Waals surface area (Å²) in [6.45, 7) is 1.60. The SMILES string of the molecule is Cc1ccc2[nH]c(=O)c(CN(Cc3ccco3)S(=O)(=O)c3ccc([N+](=O)[O-])cc3)cc2c1. The minimum absolute atomic E-state index is 0.113. The van der Waals surface area contributed by atoms with Gasteiger partial charge >= 0.3 is 0 Å². The largest absolute Gasteiger partial charge is 0.468 e. The summed E-state index contributed by atoms with van der Waals surface area (Å²) in [5.41, 5.74) is 1.30. The lowest BCUT2D eigenvalue weighted by Crippen LogP contribution is -2.32. The van der Waals surface area contributed by atoms with E-state index >= 15 is 0 Å². The number of hydrogen-bond donors (Lipinski definition) is 1. The Hall–Kier alpha value is -3.76. The topological polar surface area (TPSA) is 127 Å². The summed E-state index contributed by atoms with van der Waals surface area (Å²) in [6, 6.07) is 15.1. The first-order chi connectivity index (χ1) is 15.2. The maximum Gasteiger partial charge on any atom is 0.269 e. The normalized spacial score (nSPS) is 11.8. The number of aromatic amines is 1. The van der Waals surface area contributed by atoms with Gasteiger partial charge in [0.15, 0.2) is 0 Å². The molecule has 10 heteroatoms. The Morgan fingerprint density at radius 3 is 2.47 bits per heavy atom. The molecule has 0 radical (unpaired) electrons. The Balaban J connectivity index is 1.75. The zero-order chi connectivity index (χ0) is 22.9. The second-order valence-corrected chi connectivity index (χ2v) is 9.26. The fourth-order valence-electron chi connectivity index (χ4n) is 3.37. The van der Waals surface area contributed by atoms with E-state index in [0.29, 0.717) is 11.3 Å². The molecule has 164 valence electrons. The molecular weight excluding hydrogens is 434 g/mol. The quantitative estimate of drug-likeness (QED) is 0.336. The molecule has 0 spiro atoms. The van der Waals surface area contributed by atoms with E-state index in [-0.39, 0.29) is 29.2 Å². The van der Waals surface area contributed by atoms with Crippen LogP contribution in [0.1, 0.15) is 16.9 Å². The van der Waals surface area contributed by atoms with E-state index in [9.17, 15) is 23.3 Å². The molecule has 0 saturated heterocycles. The number of aromatic nitrogens is 1. The fourth-order valence-corrected chi connectivity index (χ4v) is 4.75. The van der Waals surface area contributed by atoms with Gasteiger partial charge in [0.2, 0.25) is 10.0 Å². The molecule has 32 heavy (non-hydrogen) atoms. The lowest BCUT2D eigenvalue weighted by atomic mass is 10.1. The zero-order valence-electron chi connectivity index (χ0n) is 17.0. The van der Waals surface area contributed by atoms with Crippen molar-refractivity contribution in [2.24, 2.45) is 0 Å². The number of H-pyrrole nitrogens is 1. The summed E-state index contributed by atoms with van der Waals surface area (Å²) in [5, 5.41) is 11.7. The number of furan rings is 1. The molecule has 4 rings (SSSR count).